The quantitative estimate of drug-likeness (QED) is 0.498. The van der Waals surface area contributed by atoms with Gasteiger partial charge in [0.05, 0.1) is 47.0 Å². The number of aliphatic hydroxyl groups excluding tert-OH is 1. The van der Waals surface area contributed by atoms with Crippen molar-refractivity contribution >= 4 is 36.6 Å². The van der Waals surface area contributed by atoms with Crippen LogP contribution in [0.2, 0.25) is 18.1 Å². The Bertz CT molecular complexity index is 1260. The number of imide groups is 1. The number of amides is 2. The summed E-state index contributed by atoms with van der Waals surface area (Å²) in [6.07, 6.45) is -0.715. The minimum Gasteiger partial charge on any atom is -0.417 e. The topological polar surface area (TPSA) is 99.9 Å². The minimum atomic E-state index is -2.00. The first-order chi connectivity index (χ1) is 16.4. The molecule has 5 atom stereocenters. The lowest BCUT2D eigenvalue weighted by atomic mass is 9.70. The van der Waals surface area contributed by atoms with E-state index in [0.717, 1.165) is 0 Å². The van der Waals surface area contributed by atoms with Crippen LogP contribution in [0, 0.1) is 23.2 Å². The highest BCUT2D eigenvalue weighted by Crippen LogP contribution is 2.57. The molecule has 2 aromatic rings. The summed E-state index contributed by atoms with van der Waals surface area (Å²) in [5.74, 6) is -2.00. The van der Waals surface area contributed by atoms with Gasteiger partial charge in [-0.2, -0.15) is 5.26 Å². The molecule has 0 saturated carbocycles. The number of carbonyl (C=O) groups excluding carboxylic acids is 2. The smallest absolute Gasteiger partial charge is 0.240 e. The number of ether oxygens (including phenoxy) is 1. The summed E-state index contributed by atoms with van der Waals surface area (Å²) in [7, 11) is -2.00. The predicted molar refractivity (Wildman–Crippen MR) is 134 cm³/mol. The number of benzene rings is 2. The maximum Gasteiger partial charge on any atom is 0.240 e. The Hall–Kier alpha value is -2.57. The largest absolute Gasteiger partial charge is 0.417 e. The van der Waals surface area contributed by atoms with Crippen LogP contribution < -0.4 is 4.90 Å². The zero-order valence-corrected chi connectivity index (χ0v) is 21.9. The Balaban J connectivity index is 1.48. The molecule has 3 fully saturated rings. The van der Waals surface area contributed by atoms with Gasteiger partial charge in [-0.05, 0) is 36.7 Å². The molecule has 2 aromatic carbocycles. The Labute approximate surface area is 206 Å². The van der Waals surface area contributed by atoms with Crippen molar-refractivity contribution in [2.75, 3.05) is 11.5 Å². The third kappa shape index (κ3) is 3.48. The predicted octanol–water partition coefficient (Wildman–Crippen LogP) is 4.13. The Morgan fingerprint density at radius 1 is 1.17 bits per heavy atom. The van der Waals surface area contributed by atoms with Crippen LogP contribution in [0.5, 0.6) is 0 Å². The van der Waals surface area contributed by atoms with E-state index in [4.69, 9.17) is 9.16 Å². The van der Waals surface area contributed by atoms with Crippen molar-refractivity contribution in [3.05, 3.63) is 42.0 Å². The SMILES string of the molecule is CC(C)(C)[Si](C)(C)OCC[C@]12C[C@H](O)[C@@H](O1)C1C(=O)N(c3ccc(C#N)c4ccccc34)C(=O)C12. The molecule has 1 N–H and O–H groups in total. The number of anilines is 1. The van der Waals surface area contributed by atoms with Crippen LogP contribution in [0.1, 0.15) is 39.2 Å². The normalized spacial score (nSPS) is 30.3. The molecule has 0 spiro atoms. The number of nitrogens with zero attached hydrogens (tertiary/aromatic N) is 2. The van der Waals surface area contributed by atoms with E-state index in [1.165, 1.54) is 4.90 Å². The van der Waals surface area contributed by atoms with Crippen molar-refractivity contribution in [2.45, 2.75) is 69.6 Å². The number of aliphatic hydroxyl groups is 1. The maximum absolute atomic E-state index is 13.9. The number of nitriles is 1. The first-order valence-electron chi connectivity index (χ1n) is 12.2. The van der Waals surface area contributed by atoms with E-state index in [2.05, 4.69) is 39.9 Å². The molecule has 3 heterocycles. The first kappa shape index (κ1) is 24.1. The lowest BCUT2D eigenvalue weighted by molar-refractivity contribution is -0.128. The number of fused-ring (bicyclic) bond motifs is 6. The Morgan fingerprint density at radius 2 is 1.86 bits per heavy atom. The molecular weight excluding hydrogens is 460 g/mol. The van der Waals surface area contributed by atoms with E-state index in [1.54, 1.807) is 12.1 Å². The fourth-order valence-corrected chi connectivity index (χ4v) is 6.83. The van der Waals surface area contributed by atoms with Gasteiger partial charge in [-0.25, -0.2) is 4.90 Å². The highest BCUT2D eigenvalue weighted by molar-refractivity contribution is 6.74. The molecule has 8 heteroatoms. The van der Waals surface area contributed by atoms with Crippen molar-refractivity contribution in [2.24, 2.45) is 11.8 Å². The van der Waals surface area contributed by atoms with Crippen molar-refractivity contribution in [1.29, 1.82) is 5.26 Å². The molecule has 3 saturated heterocycles. The molecule has 2 amide bonds. The molecule has 3 aliphatic rings. The summed E-state index contributed by atoms with van der Waals surface area (Å²) < 4.78 is 12.6. The molecule has 0 aromatic heterocycles. The van der Waals surface area contributed by atoms with Gasteiger partial charge in [0, 0.05) is 23.8 Å². The third-order valence-corrected chi connectivity index (χ3v) is 13.2. The highest BCUT2D eigenvalue weighted by atomic mass is 28.4. The van der Waals surface area contributed by atoms with Gasteiger partial charge in [0.2, 0.25) is 11.8 Å². The van der Waals surface area contributed by atoms with Crippen molar-refractivity contribution in [3.8, 4) is 6.07 Å². The molecule has 3 aliphatic heterocycles. The van der Waals surface area contributed by atoms with E-state index < -0.39 is 38.0 Å². The summed E-state index contributed by atoms with van der Waals surface area (Å²) >= 11 is 0. The van der Waals surface area contributed by atoms with Crippen molar-refractivity contribution in [3.63, 3.8) is 0 Å². The molecule has 2 bridgehead atoms. The van der Waals surface area contributed by atoms with E-state index in [0.29, 0.717) is 41.5 Å². The summed E-state index contributed by atoms with van der Waals surface area (Å²) in [5, 5.41) is 21.7. The molecular formula is C27H32N2O5Si. The summed E-state index contributed by atoms with van der Waals surface area (Å²) in [4.78, 5) is 28.8. The number of carbonyl (C=O) groups is 2. The first-order valence-corrected chi connectivity index (χ1v) is 15.1. The summed E-state index contributed by atoms with van der Waals surface area (Å²) in [6, 6.07) is 12.8. The molecule has 184 valence electrons. The second kappa shape index (κ2) is 7.97. The molecule has 2 unspecified atom stereocenters. The molecule has 5 rings (SSSR count). The molecule has 0 aliphatic carbocycles. The van der Waals surface area contributed by atoms with E-state index in [-0.39, 0.29) is 16.9 Å². The van der Waals surface area contributed by atoms with Crippen LogP contribution in [-0.2, 0) is 18.8 Å². The van der Waals surface area contributed by atoms with Gasteiger partial charge >= 0.3 is 0 Å². The summed E-state index contributed by atoms with van der Waals surface area (Å²) in [5.41, 5.74) is 0.0494. The van der Waals surface area contributed by atoms with Gasteiger partial charge in [-0.3, -0.25) is 9.59 Å². The lowest BCUT2D eigenvalue weighted by Crippen LogP contribution is -2.47. The van der Waals surface area contributed by atoms with Crippen molar-refractivity contribution in [1.82, 2.24) is 0 Å². The standard InChI is InChI=1S/C27H32N2O5Si/c1-26(2,3)35(4,5)33-13-12-27-14-20(30)23(34-27)21-22(27)25(32)29(24(21)31)19-11-10-16(15-28)17-8-6-7-9-18(17)19/h6-11,20-23,30H,12-14H2,1-5H3/t20-,21?,22?,23+,27+/m0/s1. The maximum atomic E-state index is 13.9. The Kier molecular flexibility index (Phi) is 5.49. The number of hydrogen-bond acceptors (Lipinski definition) is 6. The van der Waals surface area contributed by atoms with Crippen molar-refractivity contribution < 1.29 is 23.9 Å². The van der Waals surface area contributed by atoms with Crippen LogP contribution in [0.3, 0.4) is 0 Å². The van der Waals surface area contributed by atoms with Crippen LogP contribution in [0.4, 0.5) is 5.69 Å². The van der Waals surface area contributed by atoms with E-state index >= 15 is 0 Å². The third-order valence-electron chi connectivity index (χ3n) is 8.63. The number of rotatable bonds is 5. The van der Waals surface area contributed by atoms with E-state index in [1.807, 2.05) is 24.3 Å². The zero-order chi connectivity index (χ0) is 25.3. The van der Waals surface area contributed by atoms with Gasteiger partial charge in [-0.1, -0.05) is 45.0 Å². The van der Waals surface area contributed by atoms with Gasteiger partial charge in [0.1, 0.15) is 0 Å². The molecule has 0 radical (unpaired) electrons. The van der Waals surface area contributed by atoms with Gasteiger partial charge < -0.3 is 14.3 Å². The fourth-order valence-electron chi connectivity index (χ4n) is 5.78. The minimum absolute atomic E-state index is 0.0497. The second-order valence-electron chi connectivity index (χ2n) is 11.6. The average Bonchev–Trinajstić information content (AvgIpc) is 3.39. The highest BCUT2D eigenvalue weighted by Gasteiger charge is 2.72. The van der Waals surface area contributed by atoms with Gasteiger partial charge in [0.25, 0.3) is 0 Å². The van der Waals surface area contributed by atoms with Crippen LogP contribution in [0.25, 0.3) is 10.8 Å². The zero-order valence-electron chi connectivity index (χ0n) is 20.9. The Morgan fingerprint density at radius 3 is 2.51 bits per heavy atom. The van der Waals surface area contributed by atoms with Crippen LogP contribution >= 0.6 is 0 Å². The monoisotopic (exact) mass is 492 g/mol. The number of hydrogen-bond donors (Lipinski definition) is 1. The lowest BCUT2D eigenvalue weighted by Gasteiger charge is -2.38. The van der Waals surface area contributed by atoms with Gasteiger partial charge in [-0.15, -0.1) is 0 Å². The fraction of sp³-hybridized carbons (Fsp3) is 0.519. The average molecular weight is 493 g/mol. The summed E-state index contributed by atoms with van der Waals surface area (Å²) in [6.45, 7) is 11.3. The molecule has 7 nitrogen and oxygen atoms in total. The molecule has 35 heavy (non-hydrogen) atoms. The van der Waals surface area contributed by atoms with Crippen LogP contribution in [0.15, 0.2) is 36.4 Å². The van der Waals surface area contributed by atoms with E-state index in [9.17, 15) is 20.0 Å². The van der Waals surface area contributed by atoms with Crippen LogP contribution in [-0.4, -0.2) is 49.7 Å². The van der Waals surface area contributed by atoms with Gasteiger partial charge in [0.15, 0.2) is 8.32 Å². The second-order valence-corrected chi connectivity index (χ2v) is 16.4.